The van der Waals surface area contributed by atoms with Crippen molar-refractivity contribution in [2.24, 2.45) is 10.6 Å². The zero-order valence-electron chi connectivity index (χ0n) is 25.2. The van der Waals surface area contributed by atoms with Gasteiger partial charge in [0.1, 0.15) is 11.5 Å². The molecular formula is C32H33F4N3O5S2. The summed E-state index contributed by atoms with van der Waals surface area (Å²) in [5.74, 6) is -1.02. The molecule has 3 aromatic rings. The zero-order valence-corrected chi connectivity index (χ0v) is 26.8. The highest BCUT2D eigenvalue weighted by Gasteiger charge is 2.39. The zero-order chi connectivity index (χ0) is 33.2. The van der Waals surface area contributed by atoms with Gasteiger partial charge in [0.15, 0.2) is 9.84 Å². The molecule has 2 fully saturated rings. The quantitative estimate of drug-likeness (QED) is 0.151. The van der Waals surface area contributed by atoms with Gasteiger partial charge in [0.05, 0.1) is 20.6 Å². The fraction of sp³-hybridized carbons (Fsp3) is 0.406. The summed E-state index contributed by atoms with van der Waals surface area (Å²) in [6.07, 6.45) is -2.09. The predicted molar refractivity (Wildman–Crippen MR) is 165 cm³/mol. The van der Waals surface area contributed by atoms with E-state index in [9.17, 15) is 39.6 Å². The van der Waals surface area contributed by atoms with E-state index in [0.717, 1.165) is 29.3 Å². The number of rotatable bonds is 5. The number of piperazine rings is 1. The van der Waals surface area contributed by atoms with Crippen molar-refractivity contribution in [3.63, 3.8) is 0 Å². The van der Waals surface area contributed by atoms with Gasteiger partial charge in [0.2, 0.25) is 10.0 Å². The van der Waals surface area contributed by atoms with Gasteiger partial charge in [-0.2, -0.15) is 17.5 Å². The smallest absolute Gasteiger partial charge is 0.410 e. The molecule has 1 heterocycles. The van der Waals surface area contributed by atoms with Gasteiger partial charge in [-0.25, -0.2) is 21.2 Å². The number of sulfone groups is 1. The lowest BCUT2D eigenvalue weighted by atomic mass is 9.77. The lowest BCUT2D eigenvalue weighted by Crippen LogP contribution is -2.49. The van der Waals surface area contributed by atoms with Gasteiger partial charge in [-0.05, 0) is 84.7 Å². The van der Waals surface area contributed by atoms with E-state index in [-0.39, 0.29) is 52.8 Å². The molecule has 0 amide bonds. The maximum absolute atomic E-state index is 13.7. The molecule has 6 rings (SSSR count). The van der Waals surface area contributed by atoms with Crippen LogP contribution in [-0.2, 0) is 26.0 Å². The molecule has 0 spiro atoms. The molecule has 14 heteroatoms. The monoisotopic (exact) mass is 679 g/mol. The van der Waals surface area contributed by atoms with Gasteiger partial charge in [-0.1, -0.05) is 31.1 Å². The fourth-order valence-corrected chi connectivity index (χ4v) is 9.93. The van der Waals surface area contributed by atoms with Crippen LogP contribution in [0.4, 0.5) is 23.2 Å². The molecule has 0 aromatic heterocycles. The van der Waals surface area contributed by atoms with Crippen LogP contribution in [0.5, 0.6) is 0 Å². The maximum atomic E-state index is 13.7. The standard InChI is InChI=1S/C32H33F4N3O5S2/c1-31(2)11-9-21(10-12-31)45(41,42)22-4-6-24-25-7-5-23(19-27(25)30(37-40)26(24)18-22)46(43,44)39-15-13-38(14-16-39)29-8-3-20(33)17-28(29)32(34,35)36/h3-8,17-19,21,40H,9-16H2,1-2H3/b37-30+. The second-order valence-electron chi connectivity index (χ2n) is 12.8. The van der Waals surface area contributed by atoms with E-state index in [1.165, 1.54) is 29.2 Å². The van der Waals surface area contributed by atoms with Crippen molar-refractivity contribution in [3.8, 4) is 11.1 Å². The minimum atomic E-state index is -4.79. The van der Waals surface area contributed by atoms with E-state index in [4.69, 9.17) is 0 Å². The van der Waals surface area contributed by atoms with Gasteiger partial charge < -0.3 is 10.1 Å². The number of anilines is 1. The number of halogens is 4. The number of benzene rings is 3. The normalized spacial score (nSPS) is 20.1. The highest BCUT2D eigenvalue weighted by atomic mass is 32.2. The molecule has 0 radical (unpaired) electrons. The number of nitrogens with zero attached hydrogens (tertiary/aromatic N) is 3. The van der Waals surface area contributed by atoms with Crippen molar-refractivity contribution >= 4 is 31.3 Å². The van der Waals surface area contributed by atoms with Crippen LogP contribution in [-0.4, -0.2) is 63.5 Å². The van der Waals surface area contributed by atoms with E-state index in [2.05, 4.69) is 19.0 Å². The number of sulfonamides is 1. The first-order chi connectivity index (χ1) is 21.5. The summed E-state index contributed by atoms with van der Waals surface area (Å²) in [5, 5.41) is 12.9. The lowest BCUT2D eigenvalue weighted by Gasteiger charge is -2.36. The Kier molecular flexibility index (Phi) is 8.00. The van der Waals surface area contributed by atoms with Crippen LogP contribution in [0, 0.1) is 11.2 Å². The molecule has 246 valence electrons. The molecule has 0 unspecified atom stereocenters. The Hall–Kier alpha value is -3.49. The summed E-state index contributed by atoms with van der Waals surface area (Å²) in [6, 6.07) is 11.4. The summed E-state index contributed by atoms with van der Waals surface area (Å²) in [6.45, 7) is 3.92. The second kappa shape index (κ2) is 11.3. The van der Waals surface area contributed by atoms with Crippen molar-refractivity contribution in [2.45, 2.75) is 60.7 Å². The molecule has 3 aliphatic rings. The molecule has 8 nitrogen and oxygen atoms in total. The van der Waals surface area contributed by atoms with Crippen molar-refractivity contribution in [1.82, 2.24) is 4.31 Å². The highest BCUT2D eigenvalue weighted by molar-refractivity contribution is 7.92. The van der Waals surface area contributed by atoms with Gasteiger partial charge in [-0.15, -0.1) is 0 Å². The summed E-state index contributed by atoms with van der Waals surface area (Å²) >= 11 is 0. The van der Waals surface area contributed by atoms with Crippen molar-refractivity contribution in [2.75, 3.05) is 31.1 Å². The van der Waals surface area contributed by atoms with Gasteiger partial charge in [0.25, 0.3) is 0 Å². The molecule has 0 atom stereocenters. The van der Waals surface area contributed by atoms with Crippen molar-refractivity contribution in [1.29, 1.82) is 0 Å². The maximum Gasteiger partial charge on any atom is 0.418 e. The largest absolute Gasteiger partial charge is 0.418 e. The summed E-state index contributed by atoms with van der Waals surface area (Å²) in [7, 11) is -7.78. The third kappa shape index (κ3) is 5.68. The predicted octanol–water partition coefficient (Wildman–Crippen LogP) is 6.30. The summed E-state index contributed by atoms with van der Waals surface area (Å²) in [5.41, 5.74) is 0.646. The van der Waals surface area contributed by atoms with Crippen LogP contribution < -0.4 is 4.90 Å². The molecule has 46 heavy (non-hydrogen) atoms. The number of alkyl halides is 3. The third-order valence-electron chi connectivity index (χ3n) is 9.42. The Bertz CT molecular complexity index is 1940. The van der Waals surface area contributed by atoms with Gasteiger partial charge in [-0.3, -0.25) is 0 Å². The van der Waals surface area contributed by atoms with Gasteiger partial charge in [0, 0.05) is 43.0 Å². The molecular weight excluding hydrogens is 646 g/mol. The van der Waals surface area contributed by atoms with E-state index in [1.807, 2.05) is 0 Å². The molecule has 1 saturated carbocycles. The van der Waals surface area contributed by atoms with E-state index in [1.54, 1.807) is 12.1 Å². The molecule has 1 saturated heterocycles. The SMILES string of the molecule is CC1(C)CCC(S(=O)(=O)c2ccc3c(c2)/C(=N\O)c2cc(S(=O)(=O)N4CCN(c5ccc(F)cc5C(F)(F)F)CC4)ccc2-3)CC1. The Morgan fingerprint density at radius 3 is 1.93 bits per heavy atom. The van der Waals surface area contributed by atoms with E-state index < -0.39 is 42.7 Å². The number of oxime groups is 1. The first-order valence-electron chi connectivity index (χ1n) is 14.9. The van der Waals surface area contributed by atoms with Crippen LogP contribution in [0.3, 0.4) is 0 Å². The number of hydrogen-bond acceptors (Lipinski definition) is 7. The Morgan fingerprint density at radius 2 is 1.37 bits per heavy atom. The second-order valence-corrected chi connectivity index (χ2v) is 17.0. The van der Waals surface area contributed by atoms with E-state index in [0.29, 0.717) is 41.2 Å². The number of fused-ring (bicyclic) bond motifs is 3. The average Bonchev–Trinajstić information content (AvgIpc) is 3.32. The molecule has 1 N–H and O–H groups in total. The average molecular weight is 680 g/mol. The minimum Gasteiger partial charge on any atom is -0.410 e. The summed E-state index contributed by atoms with van der Waals surface area (Å²) < 4.78 is 110. The first-order valence-corrected chi connectivity index (χ1v) is 17.9. The van der Waals surface area contributed by atoms with Crippen LogP contribution in [0.25, 0.3) is 11.1 Å². The summed E-state index contributed by atoms with van der Waals surface area (Å²) in [4.78, 5) is 1.39. The third-order valence-corrected chi connectivity index (χ3v) is 13.6. The van der Waals surface area contributed by atoms with Gasteiger partial charge >= 0.3 is 6.18 Å². The molecule has 3 aromatic carbocycles. The van der Waals surface area contributed by atoms with Crippen molar-refractivity contribution < 1.29 is 39.6 Å². The minimum absolute atomic E-state index is 0.0460. The topological polar surface area (TPSA) is 107 Å². The van der Waals surface area contributed by atoms with Crippen LogP contribution in [0.15, 0.2) is 69.5 Å². The Balaban J connectivity index is 1.24. The Labute approximate surface area is 265 Å². The fourth-order valence-electron chi connectivity index (χ4n) is 6.70. The first kappa shape index (κ1) is 32.5. The van der Waals surface area contributed by atoms with E-state index >= 15 is 0 Å². The van der Waals surface area contributed by atoms with Crippen molar-refractivity contribution in [3.05, 3.63) is 77.1 Å². The highest BCUT2D eigenvalue weighted by Crippen LogP contribution is 2.43. The molecule has 2 aliphatic carbocycles. The Morgan fingerprint density at radius 1 is 0.804 bits per heavy atom. The molecule has 0 bridgehead atoms. The lowest BCUT2D eigenvalue weighted by molar-refractivity contribution is -0.137. The van der Waals surface area contributed by atoms with Crippen LogP contribution in [0.2, 0.25) is 0 Å². The van der Waals surface area contributed by atoms with Crippen LogP contribution >= 0.6 is 0 Å². The number of hydrogen-bond donors (Lipinski definition) is 1. The molecule has 1 aliphatic heterocycles. The van der Waals surface area contributed by atoms with Crippen LogP contribution in [0.1, 0.15) is 56.2 Å².